The van der Waals surface area contributed by atoms with Crippen LogP contribution in [0.1, 0.15) is 0 Å². The lowest BCUT2D eigenvalue weighted by Gasteiger charge is -2.11. The van der Waals surface area contributed by atoms with Crippen LogP contribution in [0, 0.1) is 0 Å². The van der Waals surface area contributed by atoms with E-state index in [4.69, 9.17) is 5.73 Å². The Bertz CT molecular complexity index is 357. The number of nitrogens with two attached hydrogens (primary N) is 1. The Kier molecular flexibility index (Phi) is 4.43. The molecular formula is C9H10BrF3N2O. The van der Waals surface area contributed by atoms with Gasteiger partial charge in [0.15, 0.2) is 0 Å². The third-order valence-corrected chi connectivity index (χ3v) is 2.19. The Morgan fingerprint density at radius 2 is 2.06 bits per heavy atom. The summed E-state index contributed by atoms with van der Waals surface area (Å²) >= 11 is 3.22. The van der Waals surface area contributed by atoms with Crippen molar-refractivity contribution in [1.82, 2.24) is 0 Å². The van der Waals surface area contributed by atoms with Gasteiger partial charge >= 0.3 is 6.36 Å². The second-order valence-electron chi connectivity index (χ2n) is 2.95. The van der Waals surface area contributed by atoms with E-state index >= 15 is 0 Å². The number of nitrogen functional groups attached to an aromatic ring is 1. The van der Waals surface area contributed by atoms with Crippen molar-refractivity contribution < 1.29 is 17.9 Å². The summed E-state index contributed by atoms with van der Waals surface area (Å²) in [4.78, 5) is 0. The van der Waals surface area contributed by atoms with E-state index in [1.54, 1.807) is 18.2 Å². The molecule has 0 saturated carbocycles. The molecule has 90 valence electrons. The minimum Gasteiger partial charge on any atom is -0.397 e. The van der Waals surface area contributed by atoms with Crippen molar-refractivity contribution in [2.45, 2.75) is 6.36 Å². The van der Waals surface area contributed by atoms with Crippen molar-refractivity contribution in [1.29, 1.82) is 0 Å². The number of alkyl halides is 3. The maximum Gasteiger partial charge on any atom is 0.522 e. The summed E-state index contributed by atoms with van der Waals surface area (Å²) < 4.78 is 39.3. The molecule has 0 saturated heterocycles. The Morgan fingerprint density at radius 1 is 1.38 bits per heavy atom. The van der Waals surface area contributed by atoms with Crippen molar-refractivity contribution in [2.24, 2.45) is 0 Å². The highest BCUT2D eigenvalue weighted by molar-refractivity contribution is 9.10. The minimum atomic E-state index is -4.59. The zero-order valence-electron chi connectivity index (χ0n) is 8.14. The molecule has 3 nitrogen and oxygen atoms in total. The van der Waals surface area contributed by atoms with Crippen LogP contribution < -0.4 is 11.1 Å². The lowest BCUT2D eigenvalue weighted by Crippen LogP contribution is -2.19. The molecule has 0 amide bonds. The van der Waals surface area contributed by atoms with Gasteiger partial charge in [-0.05, 0) is 18.2 Å². The zero-order chi connectivity index (χ0) is 12.2. The molecule has 0 aliphatic heterocycles. The number of anilines is 2. The van der Waals surface area contributed by atoms with E-state index in [9.17, 15) is 13.2 Å². The molecular weight excluding hydrogens is 289 g/mol. The molecule has 3 N–H and O–H groups in total. The van der Waals surface area contributed by atoms with E-state index < -0.39 is 13.0 Å². The fourth-order valence-corrected chi connectivity index (χ4v) is 1.43. The first-order valence-electron chi connectivity index (χ1n) is 4.38. The molecule has 1 aromatic carbocycles. The van der Waals surface area contributed by atoms with Crippen LogP contribution in [0.4, 0.5) is 24.5 Å². The summed E-state index contributed by atoms with van der Waals surface area (Å²) in [5.41, 5.74) is 6.67. The van der Waals surface area contributed by atoms with Gasteiger partial charge in [0.05, 0.1) is 18.0 Å². The summed E-state index contributed by atoms with van der Waals surface area (Å²) in [5, 5.41) is 2.74. The zero-order valence-corrected chi connectivity index (χ0v) is 9.73. The number of ether oxygens (including phenoxy) is 1. The van der Waals surface area contributed by atoms with E-state index in [1.165, 1.54) is 0 Å². The van der Waals surface area contributed by atoms with E-state index in [0.29, 0.717) is 11.4 Å². The van der Waals surface area contributed by atoms with Crippen molar-refractivity contribution in [3.05, 3.63) is 22.7 Å². The molecule has 0 radical (unpaired) electrons. The molecule has 0 heterocycles. The third-order valence-electron chi connectivity index (χ3n) is 1.70. The monoisotopic (exact) mass is 298 g/mol. The Hall–Kier alpha value is -0.950. The largest absolute Gasteiger partial charge is 0.522 e. The molecule has 0 aliphatic rings. The van der Waals surface area contributed by atoms with E-state index in [0.717, 1.165) is 4.47 Å². The van der Waals surface area contributed by atoms with Gasteiger partial charge in [0.2, 0.25) is 0 Å². The van der Waals surface area contributed by atoms with E-state index in [-0.39, 0.29) is 6.54 Å². The second kappa shape index (κ2) is 5.40. The molecule has 0 atom stereocenters. The van der Waals surface area contributed by atoms with Gasteiger partial charge in [0, 0.05) is 11.0 Å². The number of hydrogen-bond acceptors (Lipinski definition) is 3. The summed E-state index contributed by atoms with van der Waals surface area (Å²) in [5.74, 6) is 0. The average Bonchev–Trinajstić information content (AvgIpc) is 2.13. The quantitative estimate of drug-likeness (QED) is 0.664. The molecule has 0 fully saturated rings. The first kappa shape index (κ1) is 13.1. The average molecular weight is 299 g/mol. The highest BCUT2D eigenvalue weighted by Crippen LogP contribution is 2.23. The van der Waals surface area contributed by atoms with Gasteiger partial charge in [0.25, 0.3) is 0 Å². The molecule has 0 aromatic heterocycles. The van der Waals surface area contributed by atoms with Crippen LogP contribution in [0.5, 0.6) is 0 Å². The SMILES string of the molecule is Nc1cc(Br)ccc1NCCOC(F)(F)F. The van der Waals surface area contributed by atoms with Crippen LogP contribution in [0.15, 0.2) is 22.7 Å². The lowest BCUT2D eigenvalue weighted by molar-refractivity contribution is -0.322. The van der Waals surface area contributed by atoms with Crippen molar-refractivity contribution >= 4 is 27.3 Å². The first-order valence-corrected chi connectivity index (χ1v) is 5.17. The number of rotatable bonds is 4. The minimum absolute atomic E-state index is 0.0331. The summed E-state index contributed by atoms with van der Waals surface area (Å²) in [6, 6.07) is 5.07. The first-order chi connectivity index (χ1) is 7.38. The summed E-state index contributed by atoms with van der Waals surface area (Å²) in [6.45, 7) is -0.426. The van der Waals surface area contributed by atoms with Crippen LogP contribution in [0.2, 0.25) is 0 Å². The predicted molar refractivity (Wildman–Crippen MR) is 59.1 cm³/mol. The molecule has 16 heavy (non-hydrogen) atoms. The van der Waals surface area contributed by atoms with Crippen molar-refractivity contribution in [3.8, 4) is 0 Å². The van der Waals surface area contributed by atoms with E-state index in [1.807, 2.05) is 0 Å². The number of halogens is 4. The van der Waals surface area contributed by atoms with Crippen LogP contribution in [-0.2, 0) is 4.74 Å². The van der Waals surface area contributed by atoms with E-state index in [2.05, 4.69) is 26.0 Å². The summed E-state index contributed by atoms with van der Waals surface area (Å²) in [7, 11) is 0. The molecule has 7 heteroatoms. The van der Waals surface area contributed by atoms with Gasteiger partial charge < -0.3 is 11.1 Å². The fourth-order valence-electron chi connectivity index (χ4n) is 1.05. The van der Waals surface area contributed by atoms with Crippen molar-refractivity contribution in [2.75, 3.05) is 24.2 Å². The highest BCUT2D eigenvalue weighted by Gasteiger charge is 2.28. The molecule has 0 aliphatic carbocycles. The maximum atomic E-state index is 11.6. The number of nitrogens with one attached hydrogen (secondary N) is 1. The molecule has 1 aromatic rings. The van der Waals surface area contributed by atoms with Crippen LogP contribution >= 0.6 is 15.9 Å². The second-order valence-corrected chi connectivity index (χ2v) is 3.87. The summed E-state index contributed by atoms with van der Waals surface area (Å²) in [6.07, 6.45) is -4.59. The maximum absolute atomic E-state index is 11.6. The molecule has 0 unspecified atom stereocenters. The molecule has 0 spiro atoms. The highest BCUT2D eigenvalue weighted by atomic mass is 79.9. The standard InChI is InChI=1S/C9H10BrF3N2O/c10-6-1-2-8(7(14)5-6)15-3-4-16-9(11,12)13/h1-2,5,15H,3-4,14H2. The van der Waals surface area contributed by atoms with Gasteiger partial charge in [-0.1, -0.05) is 15.9 Å². The number of hydrogen-bond donors (Lipinski definition) is 2. The van der Waals surface area contributed by atoms with Crippen LogP contribution in [-0.4, -0.2) is 19.5 Å². The molecule has 1 rings (SSSR count). The Balaban J connectivity index is 2.38. The van der Waals surface area contributed by atoms with Gasteiger partial charge in [-0.3, -0.25) is 4.74 Å². The Morgan fingerprint density at radius 3 is 2.62 bits per heavy atom. The molecule has 0 bridgehead atoms. The third kappa shape index (κ3) is 4.71. The topological polar surface area (TPSA) is 47.3 Å². The normalized spacial score (nSPS) is 11.5. The van der Waals surface area contributed by atoms with Gasteiger partial charge in [-0.15, -0.1) is 13.2 Å². The lowest BCUT2D eigenvalue weighted by atomic mass is 10.3. The van der Waals surface area contributed by atoms with Gasteiger partial charge in [-0.25, -0.2) is 0 Å². The van der Waals surface area contributed by atoms with Crippen LogP contribution in [0.25, 0.3) is 0 Å². The predicted octanol–water partition coefficient (Wildman–Crippen LogP) is 2.98. The van der Waals surface area contributed by atoms with Gasteiger partial charge in [0.1, 0.15) is 0 Å². The fraction of sp³-hybridized carbons (Fsp3) is 0.333. The number of benzene rings is 1. The van der Waals surface area contributed by atoms with Crippen molar-refractivity contribution in [3.63, 3.8) is 0 Å². The van der Waals surface area contributed by atoms with Crippen LogP contribution in [0.3, 0.4) is 0 Å². The Labute approximate surface area is 98.9 Å². The van der Waals surface area contributed by atoms with Gasteiger partial charge in [-0.2, -0.15) is 0 Å². The smallest absolute Gasteiger partial charge is 0.397 e.